The summed E-state index contributed by atoms with van der Waals surface area (Å²) in [5.74, 6) is 0.647. The molecule has 1 atom stereocenters. The van der Waals surface area contributed by atoms with E-state index in [0.29, 0.717) is 18.0 Å². The van der Waals surface area contributed by atoms with E-state index in [9.17, 15) is 4.79 Å². The number of rotatable bonds is 15. The molecule has 0 unspecified atom stereocenters. The lowest BCUT2D eigenvalue weighted by molar-refractivity contribution is -0.122. The maximum Gasteiger partial charge on any atom is 0.135 e. The Morgan fingerprint density at radius 3 is 2.04 bits per heavy atom. The van der Waals surface area contributed by atoms with E-state index in [2.05, 4.69) is 18.7 Å². The lowest BCUT2D eigenvalue weighted by Crippen LogP contribution is -2.25. The first-order chi connectivity index (χ1) is 12.0. The van der Waals surface area contributed by atoms with E-state index in [4.69, 9.17) is 4.74 Å². The average molecular weight is 354 g/mol. The van der Waals surface area contributed by atoms with E-state index in [1.807, 2.05) is 13.8 Å². The fourth-order valence-electron chi connectivity index (χ4n) is 3.66. The normalized spacial score (nSPS) is 18.6. The van der Waals surface area contributed by atoms with E-state index in [0.717, 1.165) is 19.4 Å². The van der Waals surface area contributed by atoms with Gasteiger partial charge in [-0.15, -0.1) is 0 Å². The smallest absolute Gasteiger partial charge is 0.135 e. The largest absolute Gasteiger partial charge is 0.374 e. The number of hydrogen-bond donors (Lipinski definition) is 0. The minimum atomic E-state index is 0.217. The van der Waals surface area contributed by atoms with Crippen LogP contribution in [0.4, 0.5) is 0 Å². The molecule has 148 valence electrons. The van der Waals surface area contributed by atoms with Crippen LogP contribution in [0.5, 0.6) is 0 Å². The molecule has 1 aliphatic rings. The van der Waals surface area contributed by atoms with Crippen molar-refractivity contribution in [3.8, 4) is 0 Å². The molecular formula is C22H43NO2. The van der Waals surface area contributed by atoms with Gasteiger partial charge in [-0.1, -0.05) is 58.8 Å². The van der Waals surface area contributed by atoms with Crippen LogP contribution in [0.2, 0.25) is 0 Å². The number of nitrogens with zero attached hydrogens (tertiary/aromatic N) is 1. The molecule has 0 aromatic carbocycles. The lowest BCUT2D eigenvalue weighted by Gasteiger charge is -2.17. The van der Waals surface area contributed by atoms with Gasteiger partial charge in [-0.25, -0.2) is 0 Å². The van der Waals surface area contributed by atoms with Gasteiger partial charge in [0.25, 0.3) is 0 Å². The average Bonchev–Trinajstić information content (AvgIpc) is 2.98. The first kappa shape index (κ1) is 22.6. The number of Topliss-reactive ketones (excluding diaryl/α,β-unsaturated/α-hetero) is 1. The van der Waals surface area contributed by atoms with Crippen LogP contribution in [0, 0.1) is 5.92 Å². The van der Waals surface area contributed by atoms with Crippen molar-refractivity contribution >= 4 is 5.78 Å². The number of hydrogen-bond acceptors (Lipinski definition) is 3. The second-order valence-electron chi connectivity index (χ2n) is 8.45. The summed E-state index contributed by atoms with van der Waals surface area (Å²) in [6.45, 7) is 11.9. The van der Waals surface area contributed by atoms with Gasteiger partial charge in [0.1, 0.15) is 5.78 Å². The standard InChI is InChI=1S/C22H43NO2/c1-19(2)22(24)14-12-10-8-6-5-7-9-11-13-16-23-17-15-21(18-23)25-20(3)4/h19-21H,5-18H2,1-4H3/t21-/m1/s1. The molecule has 1 saturated heterocycles. The number of ether oxygens (including phenoxy) is 1. The second kappa shape index (κ2) is 13.7. The number of unbranched alkanes of at least 4 members (excludes halogenated alkanes) is 8. The van der Waals surface area contributed by atoms with Gasteiger partial charge < -0.3 is 9.64 Å². The molecule has 3 nitrogen and oxygen atoms in total. The predicted octanol–water partition coefficient (Wildman–Crippen LogP) is 5.61. The highest BCUT2D eigenvalue weighted by molar-refractivity contribution is 5.80. The Hall–Kier alpha value is -0.410. The van der Waals surface area contributed by atoms with Gasteiger partial charge in [-0.2, -0.15) is 0 Å². The van der Waals surface area contributed by atoms with E-state index < -0.39 is 0 Å². The molecular weight excluding hydrogens is 310 g/mol. The van der Waals surface area contributed by atoms with Crippen LogP contribution in [0.25, 0.3) is 0 Å². The molecule has 0 aromatic rings. The van der Waals surface area contributed by atoms with Crippen molar-refractivity contribution < 1.29 is 9.53 Å². The van der Waals surface area contributed by atoms with E-state index in [1.165, 1.54) is 70.9 Å². The Morgan fingerprint density at radius 1 is 0.920 bits per heavy atom. The Labute approximate surface area is 156 Å². The van der Waals surface area contributed by atoms with Crippen LogP contribution in [-0.2, 0) is 9.53 Å². The van der Waals surface area contributed by atoms with E-state index >= 15 is 0 Å². The molecule has 0 spiro atoms. The topological polar surface area (TPSA) is 29.5 Å². The van der Waals surface area contributed by atoms with Crippen molar-refractivity contribution in [2.45, 2.75) is 111 Å². The highest BCUT2D eigenvalue weighted by Gasteiger charge is 2.22. The van der Waals surface area contributed by atoms with Gasteiger partial charge in [0.15, 0.2) is 0 Å². The summed E-state index contributed by atoms with van der Waals surface area (Å²) < 4.78 is 5.91. The van der Waals surface area contributed by atoms with Gasteiger partial charge in [0.2, 0.25) is 0 Å². The van der Waals surface area contributed by atoms with Gasteiger partial charge in [-0.05, 0) is 39.7 Å². The maximum atomic E-state index is 11.5. The van der Waals surface area contributed by atoms with Crippen molar-refractivity contribution in [1.82, 2.24) is 4.90 Å². The van der Waals surface area contributed by atoms with Crippen molar-refractivity contribution in [2.75, 3.05) is 19.6 Å². The number of carbonyl (C=O) groups excluding carboxylic acids is 1. The van der Waals surface area contributed by atoms with Gasteiger partial charge in [0, 0.05) is 25.4 Å². The summed E-state index contributed by atoms with van der Waals surface area (Å²) >= 11 is 0. The Morgan fingerprint density at radius 2 is 1.48 bits per heavy atom. The van der Waals surface area contributed by atoms with Gasteiger partial charge in [0.05, 0.1) is 12.2 Å². The molecule has 0 radical (unpaired) electrons. The molecule has 0 N–H and O–H groups in total. The highest BCUT2D eigenvalue weighted by atomic mass is 16.5. The molecule has 1 fully saturated rings. The lowest BCUT2D eigenvalue weighted by atomic mass is 10.0. The zero-order valence-electron chi connectivity index (χ0n) is 17.4. The second-order valence-corrected chi connectivity index (χ2v) is 8.45. The minimum absolute atomic E-state index is 0.217. The molecule has 1 heterocycles. The first-order valence-corrected chi connectivity index (χ1v) is 10.9. The highest BCUT2D eigenvalue weighted by Crippen LogP contribution is 2.16. The third-order valence-electron chi connectivity index (χ3n) is 5.24. The van der Waals surface area contributed by atoms with Crippen molar-refractivity contribution in [2.24, 2.45) is 5.92 Å². The fraction of sp³-hybridized carbons (Fsp3) is 0.955. The quantitative estimate of drug-likeness (QED) is 0.358. The number of likely N-dealkylation sites (tertiary alicyclic amines) is 1. The molecule has 0 amide bonds. The molecule has 1 rings (SSSR count). The molecule has 3 heteroatoms. The molecule has 1 aliphatic heterocycles. The Kier molecular flexibility index (Phi) is 12.4. The summed E-state index contributed by atoms with van der Waals surface area (Å²) in [4.78, 5) is 14.1. The van der Waals surface area contributed by atoms with Crippen molar-refractivity contribution in [3.63, 3.8) is 0 Å². The number of ketones is 1. The SMILES string of the molecule is CC(C)O[C@@H]1CCN(CCCCCCCCCCCC(=O)C(C)C)C1. The fourth-order valence-corrected chi connectivity index (χ4v) is 3.66. The summed E-state index contributed by atoms with van der Waals surface area (Å²) in [7, 11) is 0. The molecule has 0 aromatic heterocycles. The van der Waals surface area contributed by atoms with Crippen LogP contribution in [0.15, 0.2) is 0 Å². The van der Waals surface area contributed by atoms with Gasteiger partial charge in [-0.3, -0.25) is 4.79 Å². The molecule has 0 aliphatic carbocycles. The molecule has 25 heavy (non-hydrogen) atoms. The third kappa shape index (κ3) is 11.8. The Balaban J connectivity index is 1.81. The summed E-state index contributed by atoms with van der Waals surface area (Å²) in [6, 6.07) is 0. The minimum Gasteiger partial charge on any atom is -0.374 e. The van der Waals surface area contributed by atoms with Crippen LogP contribution in [0.3, 0.4) is 0 Å². The van der Waals surface area contributed by atoms with Crippen molar-refractivity contribution in [3.05, 3.63) is 0 Å². The molecule has 0 saturated carbocycles. The number of carbonyl (C=O) groups is 1. The summed E-state index contributed by atoms with van der Waals surface area (Å²) in [5.41, 5.74) is 0. The maximum absolute atomic E-state index is 11.5. The monoisotopic (exact) mass is 353 g/mol. The predicted molar refractivity (Wildman–Crippen MR) is 107 cm³/mol. The van der Waals surface area contributed by atoms with Crippen LogP contribution in [-0.4, -0.2) is 42.5 Å². The zero-order chi connectivity index (χ0) is 18.5. The third-order valence-corrected chi connectivity index (χ3v) is 5.24. The Bertz CT molecular complexity index is 341. The van der Waals surface area contributed by atoms with E-state index in [1.54, 1.807) is 0 Å². The van der Waals surface area contributed by atoms with Crippen molar-refractivity contribution in [1.29, 1.82) is 0 Å². The van der Waals surface area contributed by atoms with Crippen LogP contribution in [0.1, 0.15) is 98.3 Å². The summed E-state index contributed by atoms with van der Waals surface area (Å²) in [5, 5.41) is 0. The van der Waals surface area contributed by atoms with Gasteiger partial charge >= 0.3 is 0 Å². The summed E-state index contributed by atoms with van der Waals surface area (Å²) in [6.07, 6.45) is 14.6. The zero-order valence-corrected chi connectivity index (χ0v) is 17.4. The molecule has 0 bridgehead atoms. The first-order valence-electron chi connectivity index (χ1n) is 10.9. The van der Waals surface area contributed by atoms with E-state index in [-0.39, 0.29) is 5.92 Å². The van der Waals surface area contributed by atoms with Crippen LogP contribution >= 0.6 is 0 Å². The van der Waals surface area contributed by atoms with Crippen LogP contribution < -0.4 is 0 Å².